The normalized spacial score (nSPS) is 22.1. The van der Waals surface area contributed by atoms with Gasteiger partial charge in [0.1, 0.15) is 0 Å². The fourth-order valence-electron chi connectivity index (χ4n) is 1.75. The van der Waals surface area contributed by atoms with Crippen LogP contribution in [0.4, 0.5) is 8.78 Å². The molecule has 5 heteroatoms. The lowest BCUT2D eigenvalue weighted by molar-refractivity contribution is -0.129. The lowest BCUT2D eigenvalue weighted by atomic mass is 9.86. The fourth-order valence-corrected chi connectivity index (χ4v) is 1.75. The van der Waals surface area contributed by atoms with Gasteiger partial charge < -0.3 is 5.32 Å². The first kappa shape index (κ1) is 12.9. The molecular weight excluding hydrogens is 214 g/mol. The minimum absolute atomic E-state index is 0.197. The number of nitrogens with zero attached hydrogens (tertiary/aromatic N) is 1. The Kier molecular flexibility index (Phi) is 4.22. The van der Waals surface area contributed by atoms with Crippen LogP contribution in [0.25, 0.3) is 0 Å². The summed E-state index contributed by atoms with van der Waals surface area (Å²) in [4.78, 5) is 11.6. The highest BCUT2D eigenvalue weighted by atomic mass is 19.3. The van der Waals surface area contributed by atoms with Gasteiger partial charge in [0.2, 0.25) is 11.8 Å². The molecular formula is C11H16F2N2O. The van der Waals surface area contributed by atoms with Gasteiger partial charge in [-0.15, -0.1) is 0 Å². The molecule has 90 valence electrons. The van der Waals surface area contributed by atoms with E-state index < -0.39 is 5.92 Å². The van der Waals surface area contributed by atoms with Crippen LogP contribution in [0, 0.1) is 23.2 Å². The molecule has 0 saturated heterocycles. The maximum absolute atomic E-state index is 12.8. The summed E-state index contributed by atoms with van der Waals surface area (Å²) in [5.41, 5.74) is 0. The maximum atomic E-state index is 12.8. The Morgan fingerprint density at radius 3 is 2.62 bits per heavy atom. The first-order chi connectivity index (χ1) is 7.44. The summed E-state index contributed by atoms with van der Waals surface area (Å²) < 4.78 is 25.7. The second-order valence-corrected chi connectivity index (χ2v) is 4.41. The summed E-state index contributed by atoms with van der Waals surface area (Å²) in [6, 6.07) is 2.00. The molecule has 1 amide bonds. The number of halogens is 2. The number of carbonyl (C=O) groups excluding carboxylic acids is 1. The molecule has 1 aliphatic rings. The van der Waals surface area contributed by atoms with Crippen LogP contribution < -0.4 is 5.32 Å². The Morgan fingerprint density at radius 1 is 1.56 bits per heavy atom. The van der Waals surface area contributed by atoms with Gasteiger partial charge in [0.25, 0.3) is 0 Å². The monoisotopic (exact) mass is 230 g/mol. The molecule has 1 aliphatic carbocycles. The molecule has 1 rings (SSSR count). The van der Waals surface area contributed by atoms with Gasteiger partial charge in [0, 0.05) is 25.3 Å². The molecule has 0 heterocycles. The van der Waals surface area contributed by atoms with Crippen LogP contribution in [-0.2, 0) is 4.79 Å². The van der Waals surface area contributed by atoms with Gasteiger partial charge in [0.05, 0.1) is 12.0 Å². The zero-order chi connectivity index (χ0) is 12.2. The Balaban J connectivity index is 2.31. The molecule has 1 fully saturated rings. The van der Waals surface area contributed by atoms with Crippen LogP contribution >= 0.6 is 0 Å². The van der Waals surface area contributed by atoms with E-state index in [1.807, 2.05) is 6.07 Å². The number of nitrogens with one attached hydrogen (secondary N) is 1. The average molecular weight is 230 g/mol. The number of rotatable bonds is 3. The summed E-state index contributed by atoms with van der Waals surface area (Å²) >= 11 is 0. The van der Waals surface area contributed by atoms with Gasteiger partial charge in [-0.2, -0.15) is 5.26 Å². The van der Waals surface area contributed by atoms with Crippen molar-refractivity contribution in [1.29, 1.82) is 5.26 Å². The van der Waals surface area contributed by atoms with E-state index in [2.05, 4.69) is 5.32 Å². The molecule has 1 unspecified atom stereocenters. The van der Waals surface area contributed by atoms with Gasteiger partial charge in [-0.25, -0.2) is 8.78 Å². The van der Waals surface area contributed by atoms with E-state index in [4.69, 9.17) is 5.26 Å². The summed E-state index contributed by atoms with van der Waals surface area (Å²) in [7, 11) is 0. The molecule has 0 aliphatic heterocycles. The summed E-state index contributed by atoms with van der Waals surface area (Å²) in [6.45, 7) is 2.00. The molecule has 0 radical (unpaired) electrons. The molecule has 16 heavy (non-hydrogen) atoms. The molecule has 0 aromatic heterocycles. The number of hydrogen-bond acceptors (Lipinski definition) is 2. The highest BCUT2D eigenvalue weighted by Crippen LogP contribution is 2.36. The smallest absolute Gasteiger partial charge is 0.248 e. The first-order valence-electron chi connectivity index (χ1n) is 5.50. The quantitative estimate of drug-likeness (QED) is 0.807. The predicted octanol–water partition coefficient (Wildman–Crippen LogP) is 2.09. The third-order valence-electron chi connectivity index (χ3n) is 2.89. The van der Waals surface area contributed by atoms with Crippen LogP contribution in [0.5, 0.6) is 0 Å². The maximum Gasteiger partial charge on any atom is 0.248 e. The Morgan fingerprint density at radius 2 is 2.12 bits per heavy atom. The van der Waals surface area contributed by atoms with Crippen molar-refractivity contribution >= 4 is 5.91 Å². The van der Waals surface area contributed by atoms with Gasteiger partial charge in [-0.05, 0) is 19.8 Å². The Labute approximate surface area is 93.8 Å². The topological polar surface area (TPSA) is 52.9 Å². The van der Waals surface area contributed by atoms with Crippen molar-refractivity contribution in [2.75, 3.05) is 6.54 Å². The van der Waals surface area contributed by atoms with Gasteiger partial charge in [-0.1, -0.05) is 0 Å². The second kappa shape index (κ2) is 5.24. The number of alkyl halides is 2. The summed E-state index contributed by atoms with van der Waals surface area (Å²) in [5, 5.41) is 11.2. The Hall–Kier alpha value is -1.18. The van der Waals surface area contributed by atoms with Crippen molar-refractivity contribution in [1.82, 2.24) is 5.32 Å². The number of hydrogen-bond donors (Lipinski definition) is 1. The lowest BCUT2D eigenvalue weighted by Crippen LogP contribution is -2.37. The van der Waals surface area contributed by atoms with Gasteiger partial charge >= 0.3 is 0 Å². The van der Waals surface area contributed by atoms with E-state index in [9.17, 15) is 13.6 Å². The highest BCUT2D eigenvalue weighted by Gasteiger charge is 2.37. The second-order valence-electron chi connectivity index (χ2n) is 4.41. The van der Waals surface area contributed by atoms with E-state index in [1.165, 1.54) is 0 Å². The van der Waals surface area contributed by atoms with Crippen LogP contribution in [0.15, 0.2) is 0 Å². The SMILES string of the molecule is CC(C#N)CNC(=O)C1CCC(F)(F)CC1. The molecule has 0 spiro atoms. The van der Waals surface area contributed by atoms with E-state index >= 15 is 0 Å². The van der Waals surface area contributed by atoms with Crippen molar-refractivity contribution in [2.45, 2.75) is 38.5 Å². The zero-order valence-corrected chi connectivity index (χ0v) is 9.30. The van der Waals surface area contributed by atoms with E-state index in [0.717, 1.165) is 0 Å². The Bertz CT molecular complexity index is 289. The van der Waals surface area contributed by atoms with Crippen molar-refractivity contribution in [3.05, 3.63) is 0 Å². The van der Waals surface area contributed by atoms with Crippen molar-refractivity contribution in [3.8, 4) is 6.07 Å². The number of nitriles is 1. The van der Waals surface area contributed by atoms with Crippen molar-refractivity contribution in [2.24, 2.45) is 11.8 Å². The molecule has 0 bridgehead atoms. The number of carbonyl (C=O) groups is 1. The molecule has 0 aromatic rings. The fraction of sp³-hybridized carbons (Fsp3) is 0.818. The highest BCUT2D eigenvalue weighted by molar-refractivity contribution is 5.78. The van der Waals surface area contributed by atoms with Crippen LogP contribution in [-0.4, -0.2) is 18.4 Å². The molecule has 0 aromatic carbocycles. The van der Waals surface area contributed by atoms with Crippen LogP contribution in [0.3, 0.4) is 0 Å². The predicted molar refractivity (Wildman–Crippen MR) is 54.7 cm³/mol. The third-order valence-corrected chi connectivity index (χ3v) is 2.89. The minimum atomic E-state index is -2.60. The standard InChI is InChI=1S/C11H16F2N2O/c1-8(6-14)7-15-10(16)9-2-4-11(12,13)5-3-9/h8-9H,2-5,7H2,1H3,(H,15,16). The van der Waals surface area contributed by atoms with E-state index in [0.29, 0.717) is 6.54 Å². The van der Waals surface area contributed by atoms with Crippen molar-refractivity contribution < 1.29 is 13.6 Å². The molecule has 1 N–H and O–H groups in total. The summed E-state index contributed by atoms with van der Waals surface area (Å²) in [5.74, 6) is -3.35. The molecule has 1 atom stereocenters. The molecule has 3 nitrogen and oxygen atoms in total. The van der Waals surface area contributed by atoms with Crippen LogP contribution in [0.1, 0.15) is 32.6 Å². The van der Waals surface area contributed by atoms with Crippen LogP contribution in [0.2, 0.25) is 0 Å². The van der Waals surface area contributed by atoms with Crippen molar-refractivity contribution in [3.63, 3.8) is 0 Å². The van der Waals surface area contributed by atoms with E-state index in [1.54, 1.807) is 6.92 Å². The van der Waals surface area contributed by atoms with E-state index in [-0.39, 0.29) is 43.4 Å². The van der Waals surface area contributed by atoms with Gasteiger partial charge in [-0.3, -0.25) is 4.79 Å². The first-order valence-corrected chi connectivity index (χ1v) is 5.50. The minimum Gasteiger partial charge on any atom is -0.355 e. The zero-order valence-electron chi connectivity index (χ0n) is 9.30. The molecule has 1 saturated carbocycles. The number of amides is 1. The van der Waals surface area contributed by atoms with Gasteiger partial charge in [0.15, 0.2) is 0 Å². The summed E-state index contributed by atoms with van der Waals surface area (Å²) in [6.07, 6.45) is 0.0529. The average Bonchev–Trinajstić information content (AvgIpc) is 2.25. The largest absolute Gasteiger partial charge is 0.355 e. The third kappa shape index (κ3) is 3.76. The lowest BCUT2D eigenvalue weighted by Gasteiger charge is -2.27.